The Bertz CT molecular complexity index is 400. The maximum absolute atomic E-state index is 10.4. The van der Waals surface area contributed by atoms with E-state index in [1.165, 1.54) is 0 Å². The van der Waals surface area contributed by atoms with E-state index in [0.717, 1.165) is 0 Å². The van der Waals surface area contributed by atoms with Crippen molar-refractivity contribution < 1.29 is 55.8 Å². The molecule has 0 amide bonds. The quantitative estimate of drug-likeness (QED) is 0.348. The first-order chi connectivity index (χ1) is 6.81. The van der Waals surface area contributed by atoms with Crippen molar-refractivity contribution in [1.29, 1.82) is 0 Å². The van der Waals surface area contributed by atoms with E-state index in [9.17, 15) is 8.42 Å². The third kappa shape index (κ3) is 14.2. The summed E-state index contributed by atoms with van der Waals surface area (Å²) in [5, 5.41) is 0. The van der Waals surface area contributed by atoms with Crippen LogP contribution in [-0.2, 0) is 27.2 Å². The van der Waals surface area contributed by atoms with Gasteiger partial charge in [-0.15, -0.1) is 0 Å². The zero-order valence-electron chi connectivity index (χ0n) is 8.44. The molecular formula is C7H9NaO6S2. The molecule has 1 unspecified atom stereocenters. The van der Waals surface area contributed by atoms with E-state index in [0.29, 0.717) is 5.56 Å². The SMILES string of the molecule is O=S(=O)(O)Cc1ccccc1.O=S([O-])O.[Na+]. The smallest absolute Gasteiger partial charge is 0.750 e. The van der Waals surface area contributed by atoms with Gasteiger partial charge in [0, 0.05) is 0 Å². The minimum atomic E-state index is -3.88. The molecule has 6 nitrogen and oxygen atoms in total. The summed E-state index contributed by atoms with van der Waals surface area (Å²) in [6, 6.07) is 8.52. The normalized spacial score (nSPS) is 11.7. The van der Waals surface area contributed by atoms with Crippen molar-refractivity contribution in [3.05, 3.63) is 35.9 Å². The molecule has 0 saturated heterocycles. The first-order valence-corrected chi connectivity index (χ1v) is 6.23. The van der Waals surface area contributed by atoms with Crippen LogP contribution in [0.15, 0.2) is 30.3 Å². The fourth-order valence-corrected chi connectivity index (χ4v) is 1.40. The molecule has 0 aliphatic rings. The van der Waals surface area contributed by atoms with E-state index in [2.05, 4.69) is 0 Å². The molecule has 0 aliphatic heterocycles. The van der Waals surface area contributed by atoms with Gasteiger partial charge in [0.15, 0.2) is 0 Å². The van der Waals surface area contributed by atoms with E-state index in [4.69, 9.17) is 17.9 Å². The summed E-state index contributed by atoms with van der Waals surface area (Å²) in [7, 11) is -3.88. The predicted octanol–water partition coefficient (Wildman–Crippen LogP) is -2.58. The van der Waals surface area contributed by atoms with Gasteiger partial charge in [0.2, 0.25) is 0 Å². The van der Waals surface area contributed by atoms with Gasteiger partial charge in [0.05, 0.1) is 11.4 Å². The van der Waals surface area contributed by atoms with Crippen LogP contribution >= 0.6 is 0 Å². The summed E-state index contributed by atoms with van der Waals surface area (Å²) in [6.07, 6.45) is 0. The van der Waals surface area contributed by atoms with Crippen LogP contribution in [0.5, 0.6) is 0 Å². The van der Waals surface area contributed by atoms with Crippen molar-refractivity contribution in [3.63, 3.8) is 0 Å². The van der Waals surface area contributed by atoms with Crippen LogP contribution in [0, 0.1) is 0 Å². The van der Waals surface area contributed by atoms with Gasteiger partial charge in [0.25, 0.3) is 10.1 Å². The van der Waals surface area contributed by atoms with Crippen molar-refractivity contribution in [1.82, 2.24) is 0 Å². The molecule has 0 aromatic heterocycles. The molecule has 0 saturated carbocycles. The molecule has 86 valence electrons. The zero-order chi connectivity index (χ0) is 11.9. The molecule has 0 aliphatic carbocycles. The van der Waals surface area contributed by atoms with Gasteiger partial charge in [-0.2, -0.15) is 8.42 Å². The molecule has 16 heavy (non-hydrogen) atoms. The second kappa shape index (κ2) is 9.25. The minimum Gasteiger partial charge on any atom is -0.750 e. The van der Waals surface area contributed by atoms with Gasteiger partial charge in [-0.05, 0) is 5.56 Å². The van der Waals surface area contributed by atoms with E-state index in [-0.39, 0.29) is 35.3 Å². The van der Waals surface area contributed by atoms with Crippen molar-refractivity contribution in [2.24, 2.45) is 0 Å². The number of rotatable bonds is 2. The summed E-state index contributed by atoms with van der Waals surface area (Å²) < 4.78 is 53.2. The van der Waals surface area contributed by atoms with Gasteiger partial charge >= 0.3 is 29.6 Å². The largest absolute Gasteiger partial charge is 1.00 e. The number of hydrogen-bond donors (Lipinski definition) is 2. The molecule has 0 radical (unpaired) electrons. The summed E-state index contributed by atoms with van der Waals surface area (Å²) in [4.78, 5) is 0. The van der Waals surface area contributed by atoms with Crippen molar-refractivity contribution in [3.8, 4) is 0 Å². The van der Waals surface area contributed by atoms with Crippen LogP contribution in [0.3, 0.4) is 0 Å². The Kier molecular flexibility index (Phi) is 10.7. The van der Waals surface area contributed by atoms with Gasteiger partial charge in [-0.25, -0.2) is 4.21 Å². The molecule has 0 spiro atoms. The Hall–Kier alpha value is 0.200. The Balaban J connectivity index is 0. The van der Waals surface area contributed by atoms with Crippen molar-refractivity contribution in [2.75, 3.05) is 0 Å². The summed E-state index contributed by atoms with van der Waals surface area (Å²) in [5.41, 5.74) is 0.593. The fourth-order valence-electron chi connectivity index (χ4n) is 0.785. The van der Waals surface area contributed by atoms with Gasteiger partial charge in [0.1, 0.15) is 5.75 Å². The fraction of sp³-hybridized carbons (Fsp3) is 0.143. The second-order valence-corrected chi connectivity index (χ2v) is 4.32. The molecule has 1 aromatic carbocycles. The standard InChI is InChI=1S/C7H8O3S.Na.H2O3S/c8-11(9,10)6-7-4-2-1-3-5-7;;1-4(2)3/h1-5H,6H2,(H,8,9,10);;(H2,1,2,3)/q;+1;/p-1. The molecule has 1 aromatic rings. The second-order valence-electron chi connectivity index (χ2n) is 2.43. The number of benzene rings is 1. The molecule has 1 rings (SSSR count). The molecule has 2 N–H and O–H groups in total. The van der Waals surface area contributed by atoms with E-state index >= 15 is 0 Å². The third-order valence-corrected chi connectivity index (χ3v) is 1.89. The zero-order valence-corrected chi connectivity index (χ0v) is 12.1. The monoisotopic (exact) mass is 276 g/mol. The van der Waals surface area contributed by atoms with Crippen LogP contribution in [0.2, 0.25) is 0 Å². The van der Waals surface area contributed by atoms with E-state index in [1.807, 2.05) is 0 Å². The Morgan fingerprint density at radius 2 is 1.62 bits per heavy atom. The van der Waals surface area contributed by atoms with Crippen LogP contribution in [0.1, 0.15) is 5.56 Å². The number of hydrogen-bond acceptors (Lipinski definition) is 4. The summed E-state index contributed by atoms with van der Waals surface area (Å²) >= 11 is -2.86. The average molecular weight is 276 g/mol. The maximum Gasteiger partial charge on any atom is 1.00 e. The first-order valence-electron chi connectivity index (χ1n) is 3.58. The molecule has 9 heteroatoms. The Morgan fingerprint density at radius 1 is 1.25 bits per heavy atom. The summed E-state index contributed by atoms with van der Waals surface area (Å²) in [5.74, 6) is -0.312. The topological polar surface area (TPSA) is 115 Å². The molecule has 1 atom stereocenters. The van der Waals surface area contributed by atoms with Crippen LogP contribution < -0.4 is 29.6 Å². The molecule has 0 bridgehead atoms. The first kappa shape index (κ1) is 18.6. The Morgan fingerprint density at radius 3 is 1.94 bits per heavy atom. The van der Waals surface area contributed by atoms with E-state index in [1.54, 1.807) is 30.3 Å². The third-order valence-electron chi connectivity index (χ3n) is 1.19. The van der Waals surface area contributed by atoms with Crippen LogP contribution in [0.4, 0.5) is 0 Å². The van der Waals surface area contributed by atoms with Crippen LogP contribution in [-0.4, -0.2) is 26.3 Å². The van der Waals surface area contributed by atoms with Crippen molar-refractivity contribution in [2.45, 2.75) is 5.75 Å². The maximum atomic E-state index is 10.4. The van der Waals surface area contributed by atoms with E-state index < -0.39 is 21.5 Å². The van der Waals surface area contributed by atoms with Gasteiger partial charge in [-0.3, -0.25) is 4.55 Å². The Labute approximate surface area is 118 Å². The molecule has 0 heterocycles. The summed E-state index contributed by atoms with van der Waals surface area (Å²) in [6.45, 7) is 0. The average Bonchev–Trinajstić information content (AvgIpc) is 2.01. The molecule has 0 fully saturated rings. The van der Waals surface area contributed by atoms with Gasteiger partial charge in [-0.1, -0.05) is 30.3 Å². The van der Waals surface area contributed by atoms with Gasteiger partial charge < -0.3 is 9.11 Å². The molecular weight excluding hydrogens is 267 g/mol. The predicted molar refractivity (Wildman–Crippen MR) is 53.2 cm³/mol. The van der Waals surface area contributed by atoms with Crippen molar-refractivity contribution >= 4 is 21.5 Å². The minimum absolute atomic E-state index is 0. The van der Waals surface area contributed by atoms with Crippen LogP contribution in [0.25, 0.3) is 0 Å².